The summed E-state index contributed by atoms with van der Waals surface area (Å²) in [5.41, 5.74) is 1.60. The molecule has 1 aliphatic rings. The van der Waals surface area contributed by atoms with E-state index in [9.17, 15) is 4.79 Å². The summed E-state index contributed by atoms with van der Waals surface area (Å²) in [6.45, 7) is 2.88. The van der Waals surface area contributed by atoms with Gasteiger partial charge in [-0.2, -0.15) is 0 Å². The van der Waals surface area contributed by atoms with Gasteiger partial charge >= 0.3 is 0 Å². The van der Waals surface area contributed by atoms with Gasteiger partial charge in [0.15, 0.2) is 0 Å². The van der Waals surface area contributed by atoms with E-state index in [4.69, 9.17) is 0 Å². The van der Waals surface area contributed by atoms with E-state index in [0.717, 1.165) is 36.7 Å². The van der Waals surface area contributed by atoms with E-state index in [1.807, 2.05) is 30.3 Å². The second-order valence-electron chi connectivity index (χ2n) is 5.64. The fraction of sp³-hybridized carbons (Fsp3) is 0.375. The van der Waals surface area contributed by atoms with Crippen LogP contribution in [-0.2, 0) is 0 Å². The molecule has 5 heteroatoms. The maximum atomic E-state index is 12.0. The Bertz CT molecular complexity index is 667. The molecule has 1 fully saturated rings. The minimum absolute atomic E-state index is 0.0968. The smallest absolute Gasteiger partial charge is 0.251 e. The summed E-state index contributed by atoms with van der Waals surface area (Å²) in [4.78, 5) is 24.1. The quantitative estimate of drug-likeness (QED) is 0.904. The Morgan fingerprint density at radius 2 is 1.95 bits per heavy atom. The van der Waals surface area contributed by atoms with Crippen LogP contribution in [0.4, 0.5) is 0 Å². The Morgan fingerprint density at radius 3 is 2.71 bits per heavy atom. The van der Waals surface area contributed by atoms with Crippen molar-refractivity contribution in [2.24, 2.45) is 0 Å². The molecule has 0 spiro atoms. The van der Waals surface area contributed by atoms with Crippen LogP contribution in [0.5, 0.6) is 0 Å². The first kappa shape index (κ1) is 14.0. The van der Waals surface area contributed by atoms with Crippen LogP contribution in [0.3, 0.4) is 0 Å². The normalized spacial score (nSPS) is 20.6. The Hall–Kier alpha value is -1.98. The maximum Gasteiger partial charge on any atom is 0.251 e. The first-order valence-corrected chi connectivity index (χ1v) is 7.19. The minimum atomic E-state index is -0.0968. The molecule has 1 N–H and O–H groups in total. The third kappa shape index (κ3) is 3.04. The molecule has 1 saturated heterocycles. The highest BCUT2D eigenvalue weighted by atomic mass is 16.1. The molecule has 110 valence electrons. The average molecular weight is 284 g/mol. The van der Waals surface area contributed by atoms with Crippen molar-refractivity contribution >= 4 is 0 Å². The number of aromatic nitrogens is 2. The molecule has 1 aromatic carbocycles. The Balaban J connectivity index is 2.00. The first-order valence-electron chi connectivity index (χ1n) is 7.19. The number of piperazine rings is 1. The molecule has 0 amide bonds. The SMILES string of the molecule is CN1CCN(C)C(c2nc(-c3ccccc3)cc(=O)[nH]2)C1. The van der Waals surface area contributed by atoms with Crippen molar-refractivity contribution in [3.63, 3.8) is 0 Å². The topological polar surface area (TPSA) is 52.2 Å². The monoisotopic (exact) mass is 284 g/mol. The number of likely N-dealkylation sites (N-methyl/N-ethyl adjacent to an activating group) is 2. The van der Waals surface area contributed by atoms with Gasteiger partial charge in [-0.25, -0.2) is 4.98 Å². The molecule has 1 atom stereocenters. The fourth-order valence-corrected chi connectivity index (χ4v) is 2.70. The van der Waals surface area contributed by atoms with Crippen molar-refractivity contribution in [1.29, 1.82) is 0 Å². The molecule has 2 heterocycles. The standard InChI is InChI=1S/C16H20N4O/c1-19-8-9-20(2)14(11-19)16-17-13(10-15(21)18-16)12-6-4-3-5-7-12/h3-7,10,14H,8-9,11H2,1-2H3,(H,17,18,21). The molecule has 0 bridgehead atoms. The van der Waals surface area contributed by atoms with Gasteiger partial charge in [-0.05, 0) is 14.1 Å². The van der Waals surface area contributed by atoms with E-state index in [0.29, 0.717) is 0 Å². The summed E-state index contributed by atoms with van der Waals surface area (Å²) in [5.74, 6) is 0.746. The van der Waals surface area contributed by atoms with Crippen molar-refractivity contribution in [1.82, 2.24) is 19.8 Å². The maximum absolute atomic E-state index is 12.0. The second-order valence-corrected chi connectivity index (χ2v) is 5.64. The second kappa shape index (κ2) is 5.79. The zero-order valence-corrected chi connectivity index (χ0v) is 12.4. The Labute approximate surface area is 124 Å². The fourth-order valence-electron chi connectivity index (χ4n) is 2.70. The van der Waals surface area contributed by atoms with Gasteiger partial charge in [0.25, 0.3) is 5.56 Å². The lowest BCUT2D eigenvalue weighted by molar-refractivity contribution is 0.109. The van der Waals surface area contributed by atoms with Crippen LogP contribution >= 0.6 is 0 Å². The molecule has 0 radical (unpaired) electrons. The van der Waals surface area contributed by atoms with Gasteiger partial charge in [-0.3, -0.25) is 9.69 Å². The summed E-state index contributed by atoms with van der Waals surface area (Å²) in [7, 11) is 4.17. The number of aromatic amines is 1. The van der Waals surface area contributed by atoms with E-state index >= 15 is 0 Å². The highest BCUT2D eigenvalue weighted by molar-refractivity contribution is 5.58. The number of nitrogens with one attached hydrogen (secondary N) is 1. The van der Waals surface area contributed by atoms with Crippen LogP contribution in [0.2, 0.25) is 0 Å². The van der Waals surface area contributed by atoms with Crippen LogP contribution in [0.25, 0.3) is 11.3 Å². The lowest BCUT2D eigenvalue weighted by Gasteiger charge is -2.36. The van der Waals surface area contributed by atoms with Crippen molar-refractivity contribution < 1.29 is 0 Å². The van der Waals surface area contributed by atoms with Gasteiger partial charge in [0.05, 0.1) is 11.7 Å². The molecule has 5 nitrogen and oxygen atoms in total. The summed E-state index contributed by atoms with van der Waals surface area (Å²) in [6.07, 6.45) is 0. The van der Waals surface area contributed by atoms with Crippen molar-refractivity contribution in [3.8, 4) is 11.3 Å². The van der Waals surface area contributed by atoms with E-state index in [1.54, 1.807) is 6.07 Å². The van der Waals surface area contributed by atoms with Crippen LogP contribution in [0.1, 0.15) is 11.9 Å². The van der Waals surface area contributed by atoms with Gasteiger partial charge in [-0.15, -0.1) is 0 Å². The Morgan fingerprint density at radius 1 is 1.19 bits per heavy atom. The molecule has 0 saturated carbocycles. The number of hydrogen-bond acceptors (Lipinski definition) is 4. The molecule has 21 heavy (non-hydrogen) atoms. The number of benzene rings is 1. The van der Waals surface area contributed by atoms with Gasteiger partial charge in [-0.1, -0.05) is 30.3 Å². The third-order valence-corrected chi connectivity index (χ3v) is 4.00. The van der Waals surface area contributed by atoms with Gasteiger partial charge in [0.2, 0.25) is 0 Å². The van der Waals surface area contributed by atoms with Crippen LogP contribution in [-0.4, -0.2) is 53.5 Å². The van der Waals surface area contributed by atoms with E-state index < -0.39 is 0 Å². The highest BCUT2D eigenvalue weighted by Crippen LogP contribution is 2.22. The zero-order chi connectivity index (χ0) is 14.8. The summed E-state index contributed by atoms with van der Waals surface area (Å²) < 4.78 is 0. The van der Waals surface area contributed by atoms with Gasteiger partial charge < -0.3 is 9.88 Å². The summed E-state index contributed by atoms with van der Waals surface area (Å²) in [6, 6.07) is 11.5. The van der Waals surface area contributed by atoms with Crippen LogP contribution in [0.15, 0.2) is 41.2 Å². The lowest BCUT2D eigenvalue weighted by Crippen LogP contribution is -2.45. The summed E-state index contributed by atoms with van der Waals surface area (Å²) >= 11 is 0. The van der Waals surface area contributed by atoms with E-state index in [-0.39, 0.29) is 11.6 Å². The van der Waals surface area contributed by atoms with Crippen molar-refractivity contribution in [2.75, 3.05) is 33.7 Å². The molecule has 2 aromatic rings. The number of rotatable bonds is 2. The molecule has 1 aromatic heterocycles. The first-order chi connectivity index (χ1) is 10.1. The number of nitrogens with zero attached hydrogens (tertiary/aromatic N) is 3. The molecule has 1 unspecified atom stereocenters. The Kier molecular flexibility index (Phi) is 3.86. The van der Waals surface area contributed by atoms with Gasteiger partial charge in [0.1, 0.15) is 5.82 Å². The predicted octanol–water partition coefficient (Wildman–Crippen LogP) is 1.36. The highest BCUT2D eigenvalue weighted by Gasteiger charge is 2.26. The minimum Gasteiger partial charge on any atom is -0.309 e. The van der Waals surface area contributed by atoms with Gasteiger partial charge in [0, 0.05) is 31.3 Å². The zero-order valence-electron chi connectivity index (χ0n) is 12.4. The summed E-state index contributed by atoms with van der Waals surface area (Å²) in [5, 5.41) is 0. The predicted molar refractivity (Wildman–Crippen MR) is 83.2 cm³/mol. The number of H-pyrrole nitrogens is 1. The largest absolute Gasteiger partial charge is 0.309 e. The average Bonchev–Trinajstić information content (AvgIpc) is 2.50. The molecule has 0 aliphatic carbocycles. The van der Waals surface area contributed by atoms with Crippen molar-refractivity contribution in [3.05, 3.63) is 52.6 Å². The molecule has 3 rings (SSSR count). The molecular weight excluding hydrogens is 264 g/mol. The van der Waals surface area contributed by atoms with Crippen LogP contribution < -0.4 is 5.56 Å². The van der Waals surface area contributed by atoms with E-state index in [1.165, 1.54) is 0 Å². The lowest BCUT2D eigenvalue weighted by atomic mass is 10.1. The van der Waals surface area contributed by atoms with E-state index in [2.05, 4.69) is 33.9 Å². The van der Waals surface area contributed by atoms with Crippen molar-refractivity contribution in [2.45, 2.75) is 6.04 Å². The number of hydrogen-bond donors (Lipinski definition) is 1. The third-order valence-electron chi connectivity index (χ3n) is 4.00. The molecular formula is C16H20N4O. The van der Waals surface area contributed by atoms with Crippen LogP contribution in [0, 0.1) is 0 Å². The molecule has 1 aliphatic heterocycles.